The lowest BCUT2D eigenvalue weighted by Gasteiger charge is -2.40. The van der Waals surface area contributed by atoms with Crippen LogP contribution in [0.25, 0.3) is 0 Å². The molecule has 100 valence electrons. The average molecular weight is 239 g/mol. The highest BCUT2D eigenvalue weighted by atomic mass is 15.2. The van der Waals surface area contributed by atoms with E-state index in [1.807, 2.05) is 0 Å². The minimum absolute atomic E-state index is 0.435. The highest BCUT2D eigenvalue weighted by Gasteiger charge is 2.34. The Bertz CT molecular complexity index is 226. The molecule has 0 aromatic rings. The number of likely N-dealkylation sites (tertiary alicyclic amines) is 1. The van der Waals surface area contributed by atoms with E-state index in [4.69, 9.17) is 0 Å². The second kappa shape index (κ2) is 5.68. The molecule has 1 N–H and O–H groups in total. The Hall–Kier alpha value is -0.120. The van der Waals surface area contributed by atoms with Crippen molar-refractivity contribution >= 4 is 0 Å². The number of nitrogens with one attached hydrogen (secondary N) is 1. The zero-order chi connectivity index (χ0) is 12.3. The van der Waals surface area contributed by atoms with E-state index in [2.05, 4.69) is 36.1 Å². The second-order valence-corrected chi connectivity index (χ2v) is 6.14. The van der Waals surface area contributed by atoms with E-state index in [0.29, 0.717) is 5.54 Å². The lowest BCUT2D eigenvalue weighted by Crippen LogP contribution is -2.52. The van der Waals surface area contributed by atoms with E-state index < -0.39 is 0 Å². The standard InChI is InChI=1S/C14H29N3/c1-4-14(8-5-9-15-14)12-17-10-6-13(7-11-17)16(2)3/h13,15H,4-12H2,1-3H3. The summed E-state index contributed by atoms with van der Waals surface area (Å²) in [4.78, 5) is 5.07. The van der Waals surface area contributed by atoms with Gasteiger partial charge in [-0.3, -0.25) is 0 Å². The molecule has 3 heteroatoms. The van der Waals surface area contributed by atoms with Gasteiger partial charge in [0, 0.05) is 18.1 Å². The van der Waals surface area contributed by atoms with Gasteiger partial charge in [-0.15, -0.1) is 0 Å². The lowest BCUT2D eigenvalue weighted by atomic mass is 9.92. The van der Waals surface area contributed by atoms with Crippen LogP contribution in [-0.4, -0.2) is 61.7 Å². The van der Waals surface area contributed by atoms with Crippen LogP contribution in [0, 0.1) is 0 Å². The smallest absolute Gasteiger partial charge is 0.0306 e. The molecule has 0 aromatic heterocycles. The summed E-state index contributed by atoms with van der Waals surface area (Å²) in [5, 5.41) is 3.75. The van der Waals surface area contributed by atoms with E-state index >= 15 is 0 Å². The Balaban J connectivity index is 1.81. The third-order valence-corrected chi connectivity index (χ3v) is 4.82. The SMILES string of the molecule is CCC1(CN2CCC(N(C)C)CC2)CCCN1. The fourth-order valence-electron chi connectivity index (χ4n) is 3.44. The number of hydrogen-bond donors (Lipinski definition) is 1. The summed E-state index contributed by atoms with van der Waals surface area (Å²) >= 11 is 0. The summed E-state index contributed by atoms with van der Waals surface area (Å²) in [5.41, 5.74) is 0.435. The van der Waals surface area contributed by atoms with Crippen LogP contribution in [0.3, 0.4) is 0 Å². The van der Waals surface area contributed by atoms with Crippen LogP contribution in [0.15, 0.2) is 0 Å². The van der Waals surface area contributed by atoms with E-state index in [0.717, 1.165) is 6.04 Å². The molecule has 0 bridgehead atoms. The van der Waals surface area contributed by atoms with E-state index in [1.54, 1.807) is 0 Å². The van der Waals surface area contributed by atoms with Crippen LogP contribution in [0.2, 0.25) is 0 Å². The number of piperidine rings is 1. The fraction of sp³-hybridized carbons (Fsp3) is 1.00. The molecule has 17 heavy (non-hydrogen) atoms. The molecule has 0 radical (unpaired) electrons. The highest BCUT2D eigenvalue weighted by Crippen LogP contribution is 2.26. The molecular weight excluding hydrogens is 210 g/mol. The molecular formula is C14H29N3. The number of nitrogens with zero attached hydrogens (tertiary/aromatic N) is 2. The quantitative estimate of drug-likeness (QED) is 0.803. The topological polar surface area (TPSA) is 18.5 Å². The first kappa shape index (κ1) is 13.3. The van der Waals surface area contributed by atoms with Crippen LogP contribution in [-0.2, 0) is 0 Å². The second-order valence-electron chi connectivity index (χ2n) is 6.14. The summed E-state index contributed by atoms with van der Waals surface area (Å²) in [7, 11) is 4.43. The van der Waals surface area contributed by atoms with Crippen molar-refractivity contribution in [3.63, 3.8) is 0 Å². The number of hydrogen-bond acceptors (Lipinski definition) is 3. The maximum atomic E-state index is 3.75. The summed E-state index contributed by atoms with van der Waals surface area (Å²) < 4.78 is 0. The maximum absolute atomic E-state index is 3.75. The van der Waals surface area contributed by atoms with Gasteiger partial charge < -0.3 is 15.1 Å². The minimum Gasteiger partial charge on any atom is -0.310 e. The summed E-state index contributed by atoms with van der Waals surface area (Å²) in [6.07, 6.45) is 6.69. The molecule has 2 aliphatic rings. The summed E-state index contributed by atoms with van der Waals surface area (Å²) in [6, 6.07) is 0.806. The molecule has 1 atom stereocenters. The Morgan fingerprint density at radius 2 is 2.00 bits per heavy atom. The minimum atomic E-state index is 0.435. The predicted octanol–water partition coefficient (Wildman–Crippen LogP) is 1.54. The Kier molecular flexibility index (Phi) is 4.45. The summed E-state index contributed by atoms with van der Waals surface area (Å²) in [6.45, 7) is 7.40. The van der Waals surface area contributed by atoms with Gasteiger partial charge in [0.05, 0.1) is 0 Å². The van der Waals surface area contributed by atoms with Crippen molar-refractivity contribution in [2.24, 2.45) is 0 Å². The average Bonchev–Trinajstić information content (AvgIpc) is 2.79. The first-order chi connectivity index (χ1) is 8.15. The van der Waals surface area contributed by atoms with Crippen LogP contribution in [0.4, 0.5) is 0 Å². The number of rotatable bonds is 4. The first-order valence-corrected chi connectivity index (χ1v) is 7.29. The molecule has 0 amide bonds. The third kappa shape index (κ3) is 3.21. The van der Waals surface area contributed by atoms with Crippen molar-refractivity contribution in [3.8, 4) is 0 Å². The Labute approximate surface area is 107 Å². The fourth-order valence-corrected chi connectivity index (χ4v) is 3.44. The van der Waals surface area contributed by atoms with Crippen molar-refractivity contribution in [2.45, 2.75) is 50.6 Å². The van der Waals surface area contributed by atoms with Crippen molar-refractivity contribution < 1.29 is 0 Å². The van der Waals surface area contributed by atoms with Gasteiger partial charge in [-0.1, -0.05) is 6.92 Å². The normalized spacial score (nSPS) is 32.5. The molecule has 2 heterocycles. The predicted molar refractivity (Wildman–Crippen MR) is 73.4 cm³/mol. The molecule has 2 saturated heterocycles. The molecule has 1 unspecified atom stereocenters. The molecule has 0 saturated carbocycles. The van der Waals surface area contributed by atoms with Crippen LogP contribution in [0.1, 0.15) is 39.0 Å². The van der Waals surface area contributed by atoms with Gasteiger partial charge in [0.1, 0.15) is 0 Å². The van der Waals surface area contributed by atoms with Gasteiger partial charge in [-0.25, -0.2) is 0 Å². The Morgan fingerprint density at radius 1 is 1.29 bits per heavy atom. The zero-order valence-corrected chi connectivity index (χ0v) is 11.8. The summed E-state index contributed by atoms with van der Waals surface area (Å²) in [5.74, 6) is 0. The van der Waals surface area contributed by atoms with Crippen molar-refractivity contribution in [2.75, 3.05) is 40.3 Å². The highest BCUT2D eigenvalue weighted by molar-refractivity contribution is 4.95. The molecule has 2 fully saturated rings. The Morgan fingerprint density at radius 3 is 2.47 bits per heavy atom. The maximum Gasteiger partial charge on any atom is 0.0306 e. The van der Waals surface area contributed by atoms with Crippen LogP contribution in [0.5, 0.6) is 0 Å². The van der Waals surface area contributed by atoms with E-state index in [-0.39, 0.29) is 0 Å². The first-order valence-electron chi connectivity index (χ1n) is 7.29. The molecule has 2 aliphatic heterocycles. The lowest BCUT2D eigenvalue weighted by molar-refractivity contribution is 0.114. The van der Waals surface area contributed by atoms with Crippen LogP contribution < -0.4 is 5.32 Å². The molecule has 2 rings (SSSR count). The molecule has 0 spiro atoms. The van der Waals surface area contributed by atoms with Gasteiger partial charge in [0.15, 0.2) is 0 Å². The largest absolute Gasteiger partial charge is 0.310 e. The van der Waals surface area contributed by atoms with Gasteiger partial charge in [0.2, 0.25) is 0 Å². The molecule has 3 nitrogen and oxygen atoms in total. The van der Waals surface area contributed by atoms with Crippen molar-refractivity contribution in [3.05, 3.63) is 0 Å². The van der Waals surface area contributed by atoms with E-state index in [9.17, 15) is 0 Å². The molecule has 0 aliphatic carbocycles. The van der Waals surface area contributed by atoms with Gasteiger partial charge >= 0.3 is 0 Å². The van der Waals surface area contributed by atoms with Gasteiger partial charge in [-0.05, 0) is 65.8 Å². The molecule has 0 aromatic carbocycles. The van der Waals surface area contributed by atoms with Gasteiger partial charge in [0.25, 0.3) is 0 Å². The van der Waals surface area contributed by atoms with Crippen molar-refractivity contribution in [1.82, 2.24) is 15.1 Å². The zero-order valence-electron chi connectivity index (χ0n) is 11.8. The monoisotopic (exact) mass is 239 g/mol. The van der Waals surface area contributed by atoms with Crippen molar-refractivity contribution in [1.29, 1.82) is 0 Å². The van der Waals surface area contributed by atoms with Gasteiger partial charge in [-0.2, -0.15) is 0 Å². The van der Waals surface area contributed by atoms with E-state index in [1.165, 1.54) is 58.3 Å². The van der Waals surface area contributed by atoms with Crippen LogP contribution >= 0.6 is 0 Å². The third-order valence-electron chi connectivity index (χ3n) is 4.82.